The van der Waals surface area contributed by atoms with Gasteiger partial charge in [0.25, 0.3) is 0 Å². The lowest BCUT2D eigenvalue weighted by atomic mass is 10.0. The van der Waals surface area contributed by atoms with Gasteiger partial charge in [0.05, 0.1) is 26.4 Å². The van der Waals surface area contributed by atoms with E-state index in [9.17, 15) is 43.2 Å². The number of hydrogen-bond donors (Lipinski definition) is 3. The topological polar surface area (TPSA) is 237 Å². The van der Waals surface area contributed by atoms with Gasteiger partial charge < -0.3 is 33.8 Å². The second-order valence-corrected chi connectivity index (χ2v) is 33.0. The van der Waals surface area contributed by atoms with E-state index >= 15 is 0 Å². The van der Waals surface area contributed by atoms with Crippen molar-refractivity contribution in [1.82, 2.24) is 0 Å². The van der Waals surface area contributed by atoms with Crippen molar-refractivity contribution >= 4 is 39.5 Å². The molecule has 19 heteroatoms. The van der Waals surface area contributed by atoms with Gasteiger partial charge in [-0.1, -0.05) is 361 Å². The Morgan fingerprint density at radius 1 is 0.304 bits per heavy atom. The maximum atomic E-state index is 13.1. The second-order valence-electron chi connectivity index (χ2n) is 30.1. The highest BCUT2D eigenvalue weighted by atomic mass is 31.2. The summed E-state index contributed by atoms with van der Waals surface area (Å²) in [5.74, 6) is -0.593. The molecule has 0 aromatic rings. The van der Waals surface area contributed by atoms with Gasteiger partial charge in [-0.3, -0.25) is 37.3 Å². The van der Waals surface area contributed by atoms with Crippen molar-refractivity contribution in [2.45, 2.75) is 432 Å². The van der Waals surface area contributed by atoms with E-state index in [1.807, 2.05) is 0 Å². The van der Waals surface area contributed by atoms with Crippen LogP contribution in [0.4, 0.5) is 0 Å². The molecule has 0 aliphatic heterocycles. The van der Waals surface area contributed by atoms with Crippen LogP contribution in [0.25, 0.3) is 0 Å². The first-order valence-corrected chi connectivity index (χ1v) is 45.3. The fourth-order valence-corrected chi connectivity index (χ4v) is 13.9. The molecule has 0 amide bonds. The number of carbonyl (C=O) groups excluding carboxylic acids is 4. The smallest absolute Gasteiger partial charge is 0.462 e. The number of rotatable bonds is 80. The van der Waals surface area contributed by atoms with Crippen LogP contribution in [0.1, 0.15) is 414 Å². The van der Waals surface area contributed by atoms with Crippen LogP contribution in [0.3, 0.4) is 0 Å². The predicted octanol–water partition coefficient (Wildman–Crippen LogP) is 24.6. The summed E-state index contributed by atoms with van der Waals surface area (Å²) in [5.41, 5.74) is 0. The number of esters is 4. The Hall–Kier alpha value is -2.46. The summed E-state index contributed by atoms with van der Waals surface area (Å²) in [4.78, 5) is 73.1. The van der Waals surface area contributed by atoms with Crippen molar-refractivity contribution in [2.75, 3.05) is 39.6 Å². The third-order valence-electron chi connectivity index (χ3n) is 18.8. The minimum Gasteiger partial charge on any atom is -0.462 e. The fourth-order valence-electron chi connectivity index (χ4n) is 12.3. The molecule has 0 bridgehead atoms. The van der Waals surface area contributed by atoms with Crippen molar-refractivity contribution in [2.24, 2.45) is 11.8 Å². The molecule has 0 aromatic carbocycles. The third kappa shape index (κ3) is 75.8. The molecule has 602 valence electrons. The largest absolute Gasteiger partial charge is 0.472 e. The van der Waals surface area contributed by atoms with E-state index in [-0.39, 0.29) is 25.7 Å². The Bertz CT molecular complexity index is 2050. The van der Waals surface area contributed by atoms with Gasteiger partial charge in [-0.15, -0.1) is 0 Å². The van der Waals surface area contributed by atoms with E-state index in [1.165, 1.54) is 212 Å². The van der Waals surface area contributed by atoms with Gasteiger partial charge in [-0.2, -0.15) is 0 Å². The van der Waals surface area contributed by atoms with Crippen LogP contribution < -0.4 is 0 Å². The fraction of sp³-hybridized carbons (Fsp3) is 0.904. The molecule has 0 saturated heterocycles. The average molecular weight is 1490 g/mol. The number of aliphatic hydroxyl groups excluding tert-OH is 1. The summed E-state index contributed by atoms with van der Waals surface area (Å²) in [5, 5.41) is 10.6. The van der Waals surface area contributed by atoms with Crippen molar-refractivity contribution in [3.63, 3.8) is 0 Å². The van der Waals surface area contributed by atoms with Gasteiger partial charge >= 0.3 is 39.5 Å². The Labute approximate surface area is 624 Å². The van der Waals surface area contributed by atoms with Gasteiger partial charge in [0, 0.05) is 25.7 Å². The Balaban J connectivity index is 5.26. The molecule has 0 fully saturated rings. The number of phosphoric acid groups is 2. The molecule has 17 nitrogen and oxygen atoms in total. The average Bonchev–Trinajstić information content (AvgIpc) is 1.14. The zero-order valence-electron chi connectivity index (χ0n) is 66.4. The Kier molecular flexibility index (Phi) is 72.2. The van der Waals surface area contributed by atoms with Gasteiger partial charge in [0.1, 0.15) is 19.3 Å². The molecule has 0 spiro atoms. The lowest BCUT2D eigenvalue weighted by Crippen LogP contribution is -2.30. The first-order valence-electron chi connectivity index (χ1n) is 42.3. The lowest BCUT2D eigenvalue weighted by Gasteiger charge is -2.21. The lowest BCUT2D eigenvalue weighted by molar-refractivity contribution is -0.161. The minimum absolute atomic E-state index is 0.101. The summed E-state index contributed by atoms with van der Waals surface area (Å²) in [6.45, 7) is 9.58. The van der Waals surface area contributed by atoms with Crippen LogP contribution in [-0.2, 0) is 65.4 Å². The van der Waals surface area contributed by atoms with E-state index < -0.39 is 97.5 Å². The highest BCUT2D eigenvalue weighted by Gasteiger charge is 2.30. The van der Waals surface area contributed by atoms with Crippen LogP contribution in [0.5, 0.6) is 0 Å². The molecule has 0 rings (SSSR count). The number of ether oxygens (including phenoxy) is 4. The monoisotopic (exact) mass is 1490 g/mol. The SMILES string of the molecule is CCCCCC/C=C\C=C/CCCCCCCC(=O)OC[C@H](COP(=O)(O)OC[C@@H](O)COP(=O)(O)OC[C@@H](COC(=O)CCCCCCCCCCC(C)C)OC(=O)CCCCCCCCCCCCCCCCC)OC(=O)CCCCCCCCCCCCCCCCCCCCC(C)C. The molecule has 0 heterocycles. The molecule has 0 saturated carbocycles. The van der Waals surface area contributed by atoms with Gasteiger partial charge in [0.15, 0.2) is 12.2 Å². The van der Waals surface area contributed by atoms with Crippen LogP contribution in [-0.4, -0.2) is 96.7 Å². The maximum absolute atomic E-state index is 13.1. The van der Waals surface area contributed by atoms with E-state index in [4.69, 9.17) is 37.0 Å². The quantitative estimate of drug-likeness (QED) is 0.0169. The number of carbonyl (C=O) groups is 4. The van der Waals surface area contributed by atoms with E-state index in [0.717, 1.165) is 121 Å². The molecule has 0 aromatic heterocycles. The summed E-state index contributed by atoms with van der Waals surface area (Å²) in [7, 11) is -9.93. The molecule has 102 heavy (non-hydrogen) atoms. The Morgan fingerprint density at radius 3 is 0.804 bits per heavy atom. The maximum Gasteiger partial charge on any atom is 0.472 e. The van der Waals surface area contributed by atoms with Crippen molar-refractivity contribution in [3.8, 4) is 0 Å². The summed E-state index contributed by atoms with van der Waals surface area (Å²) in [6, 6.07) is 0. The molecule has 2 unspecified atom stereocenters. The Morgan fingerprint density at radius 2 is 0.529 bits per heavy atom. The number of unbranched alkanes of at least 4 members (excludes halogenated alkanes) is 47. The van der Waals surface area contributed by atoms with Gasteiger partial charge in [-0.25, -0.2) is 9.13 Å². The van der Waals surface area contributed by atoms with Gasteiger partial charge in [0.2, 0.25) is 0 Å². The first kappa shape index (κ1) is 99.5. The first-order chi connectivity index (χ1) is 49.4. The molecule has 3 N–H and O–H groups in total. The van der Waals surface area contributed by atoms with Crippen LogP contribution in [0.15, 0.2) is 24.3 Å². The molecular weight excluding hydrogens is 1330 g/mol. The predicted molar refractivity (Wildman–Crippen MR) is 418 cm³/mol. The van der Waals surface area contributed by atoms with E-state index in [1.54, 1.807) is 0 Å². The molecule has 0 aliphatic carbocycles. The van der Waals surface area contributed by atoms with Crippen molar-refractivity contribution < 1.29 is 80.2 Å². The molecular formula is C83H158O17P2. The molecule has 0 radical (unpaired) electrons. The van der Waals surface area contributed by atoms with Crippen LogP contribution in [0, 0.1) is 11.8 Å². The van der Waals surface area contributed by atoms with Crippen molar-refractivity contribution in [1.29, 1.82) is 0 Å². The summed E-state index contributed by atoms with van der Waals surface area (Å²) < 4.78 is 68.7. The third-order valence-corrected chi connectivity index (χ3v) is 20.7. The van der Waals surface area contributed by atoms with E-state index in [0.29, 0.717) is 25.7 Å². The van der Waals surface area contributed by atoms with E-state index in [2.05, 4.69) is 65.8 Å². The summed E-state index contributed by atoms with van der Waals surface area (Å²) >= 11 is 0. The zero-order chi connectivity index (χ0) is 74.9. The zero-order valence-corrected chi connectivity index (χ0v) is 68.2. The highest BCUT2D eigenvalue weighted by Crippen LogP contribution is 2.45. The minimum atomic E-state index is -4.97. The number of hydrogen-bond acceptors (Lipinski definition) is 15. The van der Waals surface area contributed by atoms with Gasteiger partial charge in [-0.05, 0) is 63.2 Å². The van der Waals surface area contributed by atoms with Crippen molar-refractivity contribution in [3.05, 3.63) is 24.3 Å². The highest BCUT2D eigenvalue weighted by molar-refractivity contribution is 7.47. The second kappa shape index (κ2) is 74.0. The normalized spacial score (nSPS) is 14.0. The molecule has 5 atom stereocenters. The number of allylic oxidation sites excluding steroid dienone is 4. The summed E-state index contributed by atoms with van der Waals surface area (Å²) in [6.07, 6.45) is 67.4. The standard InChI is InChI=1S/C83H158O17P2/c1-7-9-11-13-15-17-19-21-27-32-36-40-47-53-59-65-80(85)93-71-78(99-82(87)68-62-56-50-42-38-34-30-26-24-23-25-29-31-35-39-45-51-57-63-75(3)4)73-97-101(89,90)95-69-77(84)70-96-102(91,92)98-74-79(72-94-81(86)66-60-54-48-44-43-46-52-58-64-76(5)6)100-83(88)67-61-55-49-41-37-33-28-22-20-18-16-14-12-10-8-2/h17,19,21,27,75-79,84H,7-16,18,20,22-26,28-74H2,1-6H3,(H,89,90)(H,91,92)/b19-17-,27-21-/t77-,78-,79-/m1/s1. The number of aliphatic hydroxyl groups is 1. The molecule has 0 aliphatic rings. The van der Waals surface area contributed by atoms with Crippen LogP contribution in [0.2, 0.25) is 0 Å². The number of phosphoric ester groups is 2. The van der Waals surface area contributed by atoms with Crippen LogP contribution >= 0.6 is 15.6 Å².